The van der Waals surface area contributed by atoms with Gasteiger partial charge in [0, 0.05) is 24.5 Å². The van der Waals surface area contributed by atoms with Crippen molar-refractivity contribution in [1.29, 1.82) is 0 Å². The lowest BCUT2D eigenvalue weighted by Crippen LogP contribution is -2.42. The van der Waals surface area contributed by atoms with Crippen molar-refractivity contribution in [2.24, 2.45) is 0 Å². The van der Waals surface area contributed by atoms with Crippen LogP contribution in [-0.2, 0) is 27.2 Å². The Kier molecular flexibility index (Phi) is 9.07. The van der Waals surface area contributed by atoms with Gasteiger partial charge in [-0.2, -0.15) is 0 Å². The molecule has 1 unspecified atom stereocenters. The molecule has 0 radical (unpaired) electrons. The number of ether oxygens (including phenoxy) is 2. The molecule has 4 aromatic rings. The van der Waals surface area contributed by atoms with E-state index in [1.165, 1.54) is 13.2 Å². The zero-order valence-corrected chi connectivity index (χ0v) is 21.4. The Morgan fingerprint density at radius 2 is 1.66 bits per heavy atom. The molecule has 1 amide bonds. The topological polar surface area (TPSA) is 90.7 Å². The van der Waals surface area contributed by atoms with Gasteiger partial charge >= 0.3 is 5.97 Å². The van der Waals surface area contributed by atoms with E-state index in [0.717, 1.165) is 28.1 Å². The molecular formula is C31H30N2O5. The fraction of sp³-hybridized carbons (Fsp3) is 0.194. The van der Waals surface area contributed by atoms with E-state index in [9.17, 15) is 9.59 Å². The molecule has 0 saturated carbocycles. The predicted octanol–water partition coefficient (Wildman–Crippen LogP) is 5.19. The second-order valence-electron chi connectivity index (χ2n) is 8.66. The highest BCUT2D eigenvalue weighted by Crippen LogP contribution is 2.22. The summed E-state index contributed by atoms with van der Waals surface area (Å²) in [6.45, 7) is 2.34. The molecule has 1 atom stereocenters. The molecule has 3 aromatic carbocycles. The largest absolute Gasteiger partial charge is 0.493 e. The number of nitrogens with one attached hydrogen (secondary N) is 1. The van der Waals surface area contributed by atoms with Crippen LogP contribution in [0, 0.1) is 6.92 Å². The number of esters is 1. The molecule has 0 aliphatic carbocycles. The van der Waals surface area contributed by atoms with Crippen molar-refractivity contribution in [3.8, 4) is 17.2 Å². The second kappa shape index (κ2) is 13.1. The maximum absolute atomic E-state index is 12.4. The summed E-state index contributed by atoms with van der Waals surface area (Å²) < 4.78 is 16.6. The number of amides is 1. The maximum atomic E-state index is 12.4. The Morgan fingerprint density at radius 1 is 0.974 bits per heavy atom. The number of aryl methyl sites for hydroxylation is 1. The third-order valence-corrected chi connectivity index (χ3v) is 5.91. The maximum Gasteiger partial charge on any atom is 0.328 e. The number of hydrogen-bond acceptors (Lipinski definition) is 6. The predicted molar refractivity (Wildman–Crippen MR) is 145 cm³/mol. The highest BCUT2D eigenvalue weighted by molar-refractivity contribution is 5.94. The summed E-state index contributed by atoms with van der Waals surface area (Å²) in [7, 11) is 1.30. The summed E-state index contributed by atoms with van der Waals surface area (Å²) in [6, 6.07) is 25.8. The zero-order chi connectivity index (χ0) is 26.7. The third-order valence-electron chi connectivity index (χ3n) is 5.91. The van der Waals surface area contributed by atoms with Crippen LogP contribution in [0.5, 0.6) is 5.75 Å². The minimum Gasteiger partial charge on any atom is -0.493 e. The summed E-state index contributed by atoms with van der Waals surface area (Å²) in [5, 5.41) is 2.73. The lowest BCUT2D eigenvalue weighted by molar-refractivity contribution is -0.144. The third kappa shape index (κ3) is 7.43. The van der Waals surface area contributed by atoms with Crippen LogP contribution in [0.15, 0.2) is 95.4 Å². The highest BCUT2D eigenvalue weighted by Gasteiger charge is 2.21. The fourth-order valence-electron chi connectivity index (χ4n) is 3.88. The van der Waals surface area contributed by atoms with E-state index in [0.29, 0.717) is 24.7 Å². The quantitative estimate of drug-likeness (QED) is 0.221. The van der Waals surface area contributed by atoms with Crippen LogP contribution in [0.25, 0.3) is 17.5 Å². The number of carbonyl (C=O) groups excluding carboxylic acids is 2. The minimum absolute atomic E-state index is 0.290. The van der Waals surface area contributed by atoms with E-state index in [2.05, 4.69) is 10.3 Å². The van der Waals surface area contributed by atoms with Crippen molar-refractivity contribution in [1.82, 2.24) is 10.3 Å². The number of hydrogen-bond donors (Lipinski definition) is 1. The molecule has 4 rings (SSSR count). The van der Waals surface area contributed by atoms with Gasteiger partial charge in [0.05, 0.1) is 19.4 Å². The van der Waals surface area contributed by atoms with Crippen molar-refractivity contribution in [3.05, 3.63) is 114 Å². The van der Waals surface area contributed by atoms with E-state index in [4.69, 9.17) is 13.9 Å². The van der Waals surface area contributed by atoms with E-state index in [1.807, 2.05) is 91.9 Å². The first kappa shape index (κ1) is 26.4. The van der Waals surface area contributed by atoms with Gasteiger partial charge < -0.3 is 19.2 Å². The Morgan fingerprint density at radius 3 is 2.34 bits per heavy atom. The van der Waals surface area contributed by atoms with E-state index >= 15 is 0 Å². The molecule has 7 heteroatoms. The van der Waals surface area contributed by atoms with E-state index < -0.39 is 12.0 Å². The highest BCUT2D eigenvalue weighted by atomic mass is 16.5. The van der Waals surface area contributed by atoms with Gasteiger partial charge in [0.15, 0.2) is 0 Å². The molecule has 1 heterocycles. The zero-order valence-electron chi connectivity index (χ0n) is 21.4. The molecule has 0 spiro atoms. The number of methoxy groups -OCH3 is 1. The first-order valence-electron chi connectivity index (χ1n) is 12.4. The number of benzene rings is 3. The molecule has 1 aromatic heterocycles. The van der Waals surface area contributed by atoms with Gasteiger partial charge in [-0.15, -0.1) is 0 Å². The van der Waals surface area contributed by atoms with Crippen molar-refractivity contribution < 1.29 is 23.5 Å². The fourth-order valence-corrected chi connectivity index (χ4v) is 3.88. The molecule has 0 fully saturated rings. The van der Waals surface area contributed by atoms with Gasteiger partial charge in [0.2, 0.25) is 11.8 Å². The van der Waals surface area contributed by atoms with Gasteiger partial charge in [0.25, 0.3) is 0 Å². The van der Waals surface area contributed by atoms with Crippen LogP contribution in [0.4, 0.5) is 0 Å². The molecular weight excluding hydrogens is 480 g/mol. The number of nitrogens with zero attached hydrogens (tertiary/aromatic N) is 1. The summed E-state index contributed by atoms with van der Waals surface area (Å²) in [4.78, 5) is 29.3. The van der Waals surface area contributed by atoms with Crippen LogP contribution in [0.1, 0.15) is 22.6 Å². The second-order valence-corrected chi connectivity index (χ2v) is 8.66. The van der Waals surface area contributed by atoms with Crippen LogP contribution in [0.3, 0.4) is 0 Å². The summed E-state index contributed by atoms with van der Waals surface area (Å²) in [5.74, 6) is 1.19. The smallest absolute Gasteiger partial charge is 0.328 e. The molecule has 194 valence electrons. The SMILES string of the molecule is COC(=O)C(Cc1ccc(OCCc2nc(-c3ccccc3)oc2C)cc1)NC(=O)/C=C/c1ccccc1. The lowest BCUT2D eigenvalue weighted by atomic mass is 10.1. The van der Waals surface area contributed by atoms with Crippen molar-refractivity contribution in [2.75, 3.05) is 13.7 Å². The molecule has 0 saturated heterocycles. The number of rotatable bonds is 11. The Hall–Kier alpha value is -4.65. The van der Waals surface area contributed by atoms with E-state index in [1.54, 1.807) is 6.08 Å². The van der Waals surface area contributed by atoms with Crippen molar-refractivity contribution >= 4 is 18.0 Å². The van der Waals surface area contributed by atoms with Crippen molar-refractivity contribution in [3.63, 3.8) is 0 Å². The molecule has 0 aliphatic rings. The molecule has 7 nitrogen and oxygen atoms in total. The molecule has 0 bridgehead atoms. The van der Waals surface area contributed by atoms with E-state index in [-0.39, 0.29) is 12.3 Å². The summed E-state index contributed by atoms with van der Waals surface area (Å²) in [5.41, 5.74) is 3.55. The number of oxazole rings is 1. The number of carbonyl (C=O) groups is 2. The van der Waals surface area contributed by atoms with Gasteiger partial charge in [0.1, 0.15) is 17.6 Å². The molecule has 1 N–H and O–H groups in total. The Bertz CT molecular complexity index is 1360. The van der Waals surface area contributed by atoms with Crippen molar-refractivity contribution in [2.45, 2.75) is 25.8 Å². The summed E-state index contributed by atoms with van der Waals surface area (Å²) in [6.07, 6.45) is 4.00. The van der Waals surface area contributed by atoms with Gasteiger partial charge in [-0.25, -0.2) is 9.78 Å². The van der Waals surface area contributed by atoms with Crippen LogP contribution in [0.2, 0.25) is 0 Å². The van der Waals surface area contributed by atoms with Gasteiger partial charge in [-0.1, -0.05) is 60.7 Å². The minimum atomic E-state index is -0.811. The normalized spacial score (nSPS) is 11.7. The lowest BCUT2D eigenvalue weighted by Gasteiger charge is -2.16. The number of aromatic nitrogens is 1. The first-order valence-corrected chi connectivity index (χ1v) is 12.4. The van der Waals surface area contributed by atoms with Crippen LogP contribution >= 0.6 is 0 Å². The Labute approximate surface area is 222 Å². The average Bonchev–Trinajstić information content (AvgIpc) is 3.33. The summed E-state index contributed by atoms with van der Waals surface area (Å²) >= 11 is 0. The first-order chi connectivity index (χ1) is 18.5. The Balaban J connectivity index is 1.30. The monoisotopic (exact) mass is 510 g/mol. The average molecular weight is 511 g/mol. The molecule has 38 heavy (non-hydrogen) atoms. The van der Waals surface area contributed by atoms with Crippen LogP contribution < -0.4 is 10.1 Å². The van der Waals surface area contributed by atoms with Gasteiger partial charge in [-0.05, 0) is 48.4 Å². The molecule has 0 aliphatic heterocycles. The standard InChI is InChI=1S/C31H30N2O5/c1-22-27(33-30(38-22)25-11-7-4-8-12-25)19-20-37-26-16-13-24(14-17-26)21-28(31(35)36-2)32-29(34)18-15-23-9-5-3-6-10-23/h3-18,28H,19-21H2,1-2H3,(H,32,34)/b18-15+. The van der Waals surface area contributed by atoms with Gasteiger partial charge in [-0.3, -0.25) is 4.79 Å². The van der Waals surface area contributed by atoms with Crippen LogP contribution in [-0.4, -0.2) is 36.6 Å².